The van der Waals surface area contributed by atoms with Crippen molar-refractivity contribution in [3.05, 3.63) is 59.0 Å². The Bertz CT molecular complexity index is 1210. The Balaban J connectivity index is 1.68. The summed E-state index contributed by atoms with van der Waals surface area (Å²) in [6, 6.07) is 13.5. The van der Waals surface area contributed by atoms with Gasteiger partial charge in [0, 0.05) is 6.54 Å². The molecule has 0 aliphatic carbocycles. The van der Waals surface area contributed by atoms with Crippen molar-refractivity contribution in [1.29, 1.82) is 0 Å². The summed E-state index contributed by atoms with van der Waals surface area (Å²) < 4.78 is 40.9. The molecule has 200 valence electrons. The summed E-state index contributed by atoms with van der Waals surface area (Å²) in [4.78, 5) is 14.8. The highest BCUT2D eigenvalue weighted by Gasteiger charge is 2.34. The third-order valence-electron chi connectivity index (χ3n) is 5.93. The second-order valence-corrected chi connectivity index (χ2v) is 11.3. The Kier molecular flexibility index (Phi) is 11.1. The van der Waals surface area contributed by atoms with Crippen LogP contribution in [0.15, 0.2) is 62.7 Å². The number of carbonyl (C=O) groups is 1. The fourth-order valence-electron chi connectivity index (χ4n) is 3.89. The number of ether oxygens (including phenoxy) is 2. The molecule has 37 heavy (non-hydrogen) atoms. The lowest BCUT2D eigenvalue weighted by Crippen LogP contribution is -2.29. The van der Waals surface area contributed by atoms with E-state index in [-0.39, 0.29) is 16.0 Å². The van der Waals surface area contributed by atoms with E-state index in [0.717, 1.165) is 30.2 Å². The number of amidine groups is 1. The molecule has 0 atom stereocenters. The number of unbranched alkanes of at least 4 members (excludes halogenated alkanes) is 6. The number of nitrogens with zero attached hydrogens (tertiary/aromatic N) is 2. The molecule has 1 heterocycles. The normalized spacial score (nSPS) is 16.1. The molecule has 0 unspecified atom stereocenters. The average molecular weight is 545 g/mol. The minimum absolute atomic E-state index is 0.0841. The van der Waals surface area contributed by atoms with Gasteiger partial charge in [-0.05, 0) is 61.0 Å². The van der Waals surface area contributed by atoms with E-state index in [2.05, 4.69) is 11.3 Å². The molecule has 1 amide bonds. The SMILES string of the molecule is CCCCCCCCCOc1ccc(C=C2SC(=NS(=O)(=O)c3ccccc3)N(CC)C2=O)cc1OC. The number of thioether (sulfide) groups is 1. The summed E-state index contributed by atoms with van der Waals surface area (Å²) in [6.07, 6.45) is 10.2. The molecule has 1 saturated heterocycles. The van der Waals surface area contributed by atoms with Crippen molar-refractivity contribution >= 4 is 38.9 Å². The first-order valence-electron chi connectivity index (χ1n) is 12.8. The number of likely N-dealkylation sites (N-methyl/N-ethyl adjacent to an activating group) is 1. The first kappa shape index (κ1) is 28.8. The zero-order valence-electron chi connectivity index (χ0n) is 21.8. The zero-order chi connectivity index (χ0) is 26.7. The molecule has 1 aliphatic heterocycles. The predicted octanol–water partition coefficient (Wildman–Crippen LogP) is 6.51. The van der Waals surface area contributed by atoms with E-state index in [1.54, 1.807) is 38.3 Å². The van der Waals surface area contributed by atoms with Crippen molar-refractivity contribution in [2.45, 2.75) is 63.7 Å². The van der Waals surface area contributed by atoms with Crippen LogP contribution < -0.4 is 9.47 Å². The highest BCUT2D eigenvalue weighted by Crippen LogP contribution is 2.35. The summed E-state index contributed by atoms with van der Waals surface area (Å²) in [6.45, 7) is 4.94. The van der Waals surface area contributed by atoms with Crippen LogP contribution in [0.4, 0.5) is 0 Å². The third-order valence-corrected chi connectivity index (χ3v) is 8.34. The van der Waals surface area contributed by atoms with Gasteiger partial charge in [0.15, 0.2) is 16.7 Å². The Hall–Kier alpha value is -2.78. The molecule has 0 aromatic heterocycles. The minimum Gasteiger partial charge on any atom is -0.493 e. The predicted molar refractivity (Wildman–Crippen MR) is 150 cm³/mol. The van der Waals surface area contributed by atoms with Crippen LogP contribution in [0.25, 0.3) is 6.08 Å². The highest BCUT2D eigenvalue weighted by atomic mass is 32.2. The highest BCUT2D eigenvalue weighted by molar-refractivity contribution is 8.19. The van der Waals surface area contributed by atoms with Gasteiger partial charge in [-0.2, -0.15) is 8.42 Å². The van der Waals surface area contributed by atoms with Gasteiger partial charge in [-0.3, -0.25) is 9.69 Å². The van der Waals surface area contributed by atoms with Crippen LogP contribution in [-0.4, -0.2) is 44.7 Å². The maximum absolute atomic E-state index is 13.0. The Morgan fingerprint density at radius 3 is 2.32 bits per heavy atom. The van der Waals surface area contributed by atoms with Gasteiger partial charge in [0.05, 0.1) is 23.5 Å². The van der Waals surface area contributed by atoms with Crippen LogP contribution in [0.5, 0.6) is 11.5 Å². The number of sulfonamides is 1. The van der Waals surface area contributed by atoms with Gasteiger partial charge in [-0.25, -0.2) is 0 Å². The summed E-state index contributed by atoms with van der Waals surface area (Å²) >= 11 is 1.05. The summed E-state index contributed by atoms with van der Waals surface area (Å²) in [5.74, 6) is 0.959. The maximum Gasteiger partial charge on any atom is 0.284 e. The number of hydrogen-bond donors (Lipinski definition) is 0. The average Bonchev–Trinajstić information content (AvgIpc) is 3.19. The topological polar surface area (TPSA) is 85.3 Å². The number of rotatable bonds is 14. The van der Waals surface area contributed by atoms with Crippen molar-refractivity contribution < 1.29 is 22.7 Å². The molecule has 0 radical (unpaired) electrons. The molecule has 0 N–H and O–H groups in total. The smallest absolute Gasteiger partial charge is 0.284 e. The molecule has 0 bridgehead atoms. The monoisotopic (exact) mass is 544 g/mol. The van der Waals surface area contributed by atoms with E-state index in [4.69, 9.17) is 9.47 Å². The first-order valence-corrected chi connectivity index (χ1v) is 15.1. The molecule has 7 nitrogen and oxygen atoms in total. The number of amides is 1. The van der Waals surface area contributed by atoms with Crippen LogP contribution in [0.2, 0.25) is 0 Å². The van der Waals surface area contributed by atoms with Crippen molar-refractivity contribution in [2.24, 2.45) is 4.40 Å². The van der Waals surface area contributed by atoms with Gasteiger partial charge < -0.3 is 9.47 Å². The van der Waals surface area contributed by atoms with Crippen molar-refractivity contribution in [1.82, 2.24) is 4.90 Å². The number of methoxy groups -OCH3 is 1. The van der Waals surface area contributed by atoms with Crippen LogP contribution in [-0.2, 0) is 14.8 Å². The van der Waals surface area contributed by atoms with Crippen molar-refractivity contribution in [2.75, 3.05) is 20.3 Å². The van der Waals surface area contributed by atoms with Gasteiger partial charge in [0.2, 0.25) is 0 Å². The second kappa shape index (κ2) is 14.2. The van der Waals surface area contributed by atoms with Crippen LogP contribution in [0.3, 0.4) is 0 Å². The lowest BCUT2D eigenvalue weighted by atomic mass is 10.1. The van der Waals surface area contributed by atoms with E-state index in [1.807, 2.05) is 18.2 Å². The quantitative estimate of drug-likeness (QED) is 0.199. The van der Waals surface area contributed by atoms with Gasteiger partial charge in [-0.15, -0.1) is 4.40 Å². The van der Waals surface area contributed by atoms with E-state index in [1.165, 1.54) is 49.1 Å². The first-order chi connectivity index (χ1) is 17.9. The van der Waals surface area contributed by atoms with E-state index in [0.29, 0.717) is 29.6 Å². The minimum atomic E-state index is -3.93. The molecule has 1 aliphatic rings. The summed E-state index contributed by atoms with van der Waals surface area (Å²) in [5.41, 5.74) is 0.749. The molecule has 1 fully saturated rings. The number of hydrogen-bond acceptors (Lipinski definition) is 6. The molecule has 9 heteroatoms. The van der Waals surface area contributed by atoms with Crippen LogP contribution >= 0.6 is 11.8 Å². The van der Waals surface area contributed by atoms with E-state index in [9.17, 15) is 13.2 Å². The Morgan fingerprint density at radius 1 is 0.946 bits per heavy atom. The van der Waals surface area contributed by atoms with Gasteiger partial charge in [0.1, 0.15) is 0 Å². The maximum atomic E-state index is 13.0. The molecule has 2 aromatic carbocycles. The molecular formula is C28H36N2O5S2. The lowest BCUT2D eigenvalue weighted by Gasteiger charge is -2.12. The number of carbonyl (C=O) groups excluding carboxylic acids is 1. The second-order valence-electron chi connectivity index (χ2n) is 8.70. The van der Waals surface area contributed by atoms with Gasteiger partial charge in [0.25, 0.3) is 15.9 Å². The third kappa shape index (κ3) is 8.10. The Labute approximate surface area is 225 Å². The number of benzene rings is 2. The zero-order valence-corrected chi connectivity index (χ0v) is 23.4. The summed E-state index contributed by atoms with van der Waals surface area (Å²) in [7, 11) is -2.35. The fraction of sp³-hybridized carbons (Fsp3) is 0.429. The molecule has 2 aromatic rings. The summed E-state index contributed by atoms with van der Waals surface area (Å²) in [5, 5.41) is 0.143. The molecule has 0 saturated carbocycles. The van der Waals surface area contributed by atoms with Crippen molar-refractivity contribution in [3.63, 3.8) is 0 Å². The van der Waals surface area contributed by atoms with Crippen molar-refractivity contribution in [3.8, 4) is 11.5 Å². The lowest BCUT2D eigenvalue weighted by molar-refractivity contribution is -0.122. The Morgan fingerprint density at radius 2 is 1.65 bits per heavy atom. The molecular weight excluding hydrogens is 508 g/mol. The largest absolute Gasteiger partial charge is 0.493 e. The van der Waals surface area contributed by atoms with Gasteiger partial charge in [-0.1, -0.05) is 69.7 Å². The van der Waals surface area contributed by atoms with Crippen LogP contribution in [0.1, 0.15) is 64.4 Å². The van der Waals surface area contributed by atoms with E-state index < -0.39 is 10.0 Å². The molecule has 0 spiro atoms. The van der Waals surface area contributed by atoms with E-state index >= 15 is 0 Å². The van der Waals surface area contributed by atoms with Gasteiger partial charge >= 0.3 is 0 Å². The standard InChI is InChI=1S/C28H36N2O5S2/c1-4-6-7-8-9-10-14-19-35-24-18-17-22(20-25(24)34-3)21-26-27(31)30(5-2)28(36-26)29-37(32,33)23-15-12-11-13-16-23/h11-13,15-18,20-21H,4-10,14,19H2,1-3H3. The van der Waals surface area contributed by atoms with Crippen LogP contribution in [0, 0.1) is 0 Å². The molecule has 3 rings (SSSR count). The fourth-order valence-corrected chi connectivity index (χ4v) is 6.15.